The predicted octanol–water partition coefficient (Wildman–Crippen LogP) is 0.732. The molecule has 0 aliphatic heterocycles. The number of hydrogen-bond acceptors (Lipinski definition) is 3. The summed E-state index contributed by atoms with van der Waals surface area (Å²) in [4.78, 5) is 10.1. The third kappa shape index (κ3) is 1.53. The highest BCUT2D eigenvalue weighted by atomic mass is 19.1. The fourth-order valence-electron chi connectivity index (χ4n) is 0.956. The van der Waals surface area contributed by atoms with E-state index in [1.165, 1.54) is 6.07 Å². The van der Waals surface area contributed by atoms with Gasteiger partial charge in [-0.2, -0.15) is 0 Å². The van der Waals surface area contributed by atoms with Gasteiger partial charge in [0.2, 0.25) is 0 Å². The van der Waals surface area contributed by atoms with Gasteiger partial charge in [-0.15, -0.1) is 0 Å². The molecule has 0 spiro atoms. The molecular formula is C8H9FN2O. The minimum absolute atomic E-state index is 0.0911. The van der Waals surface area contributed by atoms with E-state index in [9.17, 15) is 9.18 Å². The lowest BCUT2D eigenvalue weighted by Crippen LogP contribution is -2.01. The second-order valence-electron chi connectivity index (χ2n) is 2.44. The zero-order chi connectivity index (χ0) is 9.14. The number of aldehydes is 1. The van der Waals surface area contributed by atoms with Gasteiger partial charge in [0.05, 0.1) is 11.4 Å². The summed E-state index contributed by atoms with van der Waals surface area (Å²) in [6.07, 6.45) is 0.748. The Balaban J connectivity index is 3.17. The van der Waals surface area contributed by atoms with Crippen molar-refractivity contribution in [3.8, 4) is 0 Å². The second-order valence-corrected chi connectivity index (χ2v) is 2.44. The Morgan fingerprint density at radius 3 is 2.67 bits per heavy atom. The van der Waals surface area contributed by atoms with Crippen molar-refractivity contribution in [3.05, 3.63) is 23.5 Å². The van der Waals surface area contributed by atoms with Gasteiger partial charge in [-0.1, -0.05) is 0 Å². The lowest BCUT2D eigenvalue weighted by Gasteiger charge is -2.04. The molecule has 0 aliphatic carbocycles. The monoisotopic (exact) mass is 168 g/mol. The van der Waals surface area contributed by atoms with E-state index in [1.54, 1.807) is 0 Å². The summed E-state index contributed by atoms with van der Waals surface area (Å²) < 4.78 is 12.7. The van der Waals surface area contributed by atoms with E-state index in [2.05, 4.69) is 0 Å². The molecule has 12 heavy (non-hydrogen) atoms. The number of nitrogens with two attached hydrogens (primary N) is 2. The fourth-order valence-corrected chi connectivity index (χ4v) is 0.956. The molecule has 0 unspecified atom stereocenters. The number of carbonyl (C=O) groups excluding carboxylic acids is 1. The van der Waals surface area contributed by atoms with Crippen LogP contribution in [0, 0.1) is 5.82 Å². The van der Waals surface area contributed by atoms with E-state index in [-0.39, 0.29) is 17.8 Å². The second kappa shape index (κ2) is 3.21. The number of rotatable bonds is 2. The summed E-state index contributed by atoms with van der Waals surface area (Å²) in [5.41, 5.74) is 11.7. The number of benzene rings is 1. The first-order valence-electron chi connectivity index (χ1n) is 3.42. The van der Waals surface area contributed by atoms with E-state index in [4.69, 9.17) is 11.5 Å². The molecule has 3 nitrogen and oxygen atoms in total. The van der Waals surface area contributed by atoms with Crippen LogP contribution < -0.4 is 11.5 Å². The van der Waals surface area contributed by atoms with Gasteiger partial charge in [0, 0.05) is 6.42 Å². The predicted molar refractivity (Wildman–Crippen MR) is 45.0 cm³/mol. The topological polar surface area (TPSA) is 69.1 Å². The highest BCUT2D eigenvalue weighted by molar-refractivity contribution is 5.71. The highest BCUT2D eigenvalue weighted by Crippen LogP contribution is 2.21. The molecule has 1 aromatic rings. The van der Waals surface area contributed by atoms with Gasteiger partial charge in [-0.3, -0.25) is 0 Å². The van der Waals surface area contributed by atoms with Crippen LogP contribution in [0.25, 0.3) is 0 Å². The number of nitrogen functional groups attached to an aromatic ring is 2. The molecule has 0 bridgehead atoms. The van der Waals surface area contributed by atoms with Crippen molar-refractivity contribution >= 4 is 17.7 Å². The first-order chi connectivity index (χ1) is 5.65. The Kier molecular flexibility index (Phi) is 2.28. The number of anilines is 2. The molecular weight excluding hydrogens is 159 g/mol. The third-order valence-electron chi connectivity index (χ3n) is 1.57. The van der Waals surface area contributed by atoms with Crippen LogP contribution in [0.2, 0.25) is 0 Å². The summed E-state index contributed by atoms with van der Waals surface area (Å²) in [5.74, 6) is -0.474. The average molecular weight is 168 g/mol. The first kappa shape index (κ1) is 8.52. The van der Waals surface area contributed by atoms with Crippen molar-refractivity contribution in [2.24, 2.45) is 0 Å². The summed E-state index contributed by atoms with van der Waals surface area (Å²) in [6.45, 7) is 0. The van der Waals surface area contributed by atoms with Crippen LogP contribution in [0.1, 0.15) is 5.56 Å². The summed E-state index contributed by atoms with van der Waals surface area (Å²) >= 11 is 0. The van der Waals surface area contributed by atoms with Gasteiger partial charge in [-0.05, 0) is 17.7 Å². The van der Waals surface area contributed by atoms with Crippen molar-refractivity contribution in [1.82, 2.24) is 0 Å². The first-order valence-corrected chi connectivity index (χ1v) is 3.42. The van der Waals surface area contributed by atoms with Crippen molar-refractivity contribution in [2.75, 3.05) is 11.5 Å². The van der Waals surface area contributed by atoms with E-state index in [0.29, 0.717) is 11.8 Å². The minimum atomic E-state index is -0.474. The molecule has 0 saturated heterocycles. The molecule has 0 aliphatic rings. The zero-order valence-electron chi connectivity index (χ0n) is 6.38. The smallest absolute Gasteiger partial charge is 0.125 e. The number of hydrogen-bond donors (Lipinski definition) is 2. The van der Waals surface area contributed by atoms with Gasteiger partial charge >= 0.3 is 0 Å². The third-order valence-corrected chi connectivity index (χ3v) is 1.57. The molecule has 4 N–H and O–H groups in total. The Bertz CT molecular complexity index is 312. The van der Waals surface area contributed by atoms with Crippen LogP contribution in [0.5, 0.6) is 0 Å². The standard InChI is InChI=1S/C8H9FN2O/c9-6-3-5(1-2-12)8(11)7(10)4-6/h2-4H,1,10-11H2. The maximum absolute atomic E-state index is 12.7. The maximum Gasteiger partial charge on any atom is 0.125 e. The van der Waals surface area contributed by atoms with Gasteiger partial charge in [-0.25, -0.2) is 4.39 Å². The van der Waals surface area contributed by atoms with Gasteiger partial charge in [0.1, 0.15) is 12.1 Å². The molecule has 0 fully saturated rings. The lowest BCUT2D eigenvalue weighted by molar-refractivity contribution is -0.107. The van der Waals surface area contributed by atoms with Gasteiger partial charge < -0.3 is 16.3 Å². The van der Waals surface area contributed by atoms with E-state index >= 15 is 0 Å². The van der Waals surface area contributed by atoms with Gasteiger partial charge in [0.15, 0.2) is 0 Å². The summed E-state index contributed by atoms with van der Waals surface area (Å²) in [5, 5.41) is 0. The fraction of sp³-hybridized carbons (Fsp3) is 0.125. The molecule has 4 heteroatoms. The summed E-state index contributed by atoms with van der Waals surface area (Å²) in [7, 11) is 0. The molecule has 64 valence electrons. The van der Waals surface area contributed by atoms with E-state index in [0.717, 1.165) is 6.07 Å². The quantitative estimate of drug-likeness (QED) is 0.505. The minimum Gasteiger partial charge on any atom is -0.397 e. The summed E-state index contributed by atoms with van der Waals surface area (Å²) in [6, 6.07) is 2.34. The Hall–Kier alpha value is -1.58. The van der Waals surface area contributed by atoms with E-state index in [1.807, 2.05) is 0 Å². The average Bonchev–Trinajstić information content (AvgIpc) is 2.00. The Morgan fingerprint density at radius 1 is 1.42 bits per heavy atom. The van der Waals surface area contributed by atoms with E-state index < -0.39 is 5.82 Å². The maximum atomic E-state index is 12.7. The molecule has 0 saturated carbocycles. The molecule has 1 rings (SSSR count). The van der Waals surface area contributed by atoms with Crippen LogP contribution in [-0.2, 0) is 11.2 Å². The molecule has 0 radical (unpaired) electrons. The Labute approximate surface area is 69.2 Å². The van der Waals surface area contributed by atoms with Crippen LogP contribution in [0.3, 0.4) is 0 Å². The van der Waals surface area contributed by atoms with Crippen molar-refractivity contribution in [1.29, 1.82) is 0 Å². The Morgan fingerprint density at radius 2 is 2.08 bits per heavy atom. The SMILES string of the molecule is Nc1cc(F)cc(CC=O)c1N. The van der Waals surface area contributed by atoms with Crippen LogP contribution in [0.4, 0.5) is 15.8 Å². The van der Waals surface area contributed by atoms with Gasteiger partial charge in [0.25, 0.3) is 0 Å². The highest BCUT2D eigenvalue weighted by Gasteiger charge is 2.04. The van der Waals surface area contributed by atoms with Crippen molar-refractivity contribution in [2.45, 2.75) is 6.42 Å². The molecule has 0 atom stereocenters. The van der Waals surface area contributed by atoms with Crippen LogP contribution in [0.15, 0.2) is 12.1 Å². The normalized spacial score (nSPS) is 9.75. The van der Waals surface area contributed by atoms with Crippen LogP contribution >= 0.6 is 0 Å². The molecule has 0 amide bonds. The molecule has 0 heterocycles. The van der Waals surface area contributed by atoms with Crippen LogP contribution in [-0.4, -0.2) is 6.29 Å². The number of carbonyl (C=O) groups is 1. The largest absolute Gasteiger partial charge is 0.397 e. The lowest BCUT2D eigenvalue weighted by atomic mass is 10.1. The molecule has 1 aromatic carbocycles. The zero-order valence-corrected chi connectivity index (χ0v) is 6.38. The van der Waals surface area contributed by atoms with Crippen molar-refractivity contribution < 1.29 is 9.18 Å². The van der Waals surface area contributed by atoms with Crippen molar-refractivity contribution in [3.63, 3.8) is 0 Å². The molecule has 0 aromatic heterocycles. The number of halogens is 1.